The number of halogens is 4. The third kappa shape index (κ3) is 3.41. The molecule has 0 rings (SSSR count). The van der Waals surface area contributed by atoms with Gasteiger partial charge in [0.25, 0.3) is 0 Å². The Hall–Kier alpha value is 2.23. The first-order chi connectivity index (χ1) is 3.68. The van der Waals surface area contributed by atoms with Crippen molar-refractivity contribution in [1.82, 2.24) is 0 Å². The Morgan fingerprint density at radius 3 is 1.12 bits per heavy atom. The van der Waals surface area contributed by atoms with Crippen LogP contribution in [0.1, 0.15) is 0 Å². The van der Waals surface area contributed by atoms with Gasteiger partial charge in [-0.15, -0.1) is 0 Å². The second kappa shape index (κ2) is 4.96. The van der Waals surface area contributed by atoms with Gasteiger partial charge in [-0.05, 0) is 0 Å². The average molecular weight is 400 g/mol. The van der Waals surface area contributed by atoms with Crippen molar-refractivity contribution in [2.24, 2.45) is 0 Å². The molecule has 0 aliphatic carbocycles. The van der Waals surface area contributed by atoms with Crippen LogP contribution in [-0.2, 0) is 10.8 Å². The molecule has 0 spiro atoms. The Morgan fingerprint density at radius 2 is 1.12 bits per heavy atom. The van der Waals surface area contributed by atoms with Crippen LogP contribution in [-0.4, -0.2) is 0 Å². The van der Waals surface area contributed by atoms with E-state index in [1.165, 1.54) is 0 Å². The Balaban J connectivity index is 3.58. The topological polar surface area (TPSA) is 27.7 Å². The fourth-order valence-corrected chi connectivity index (χ4v) is 2.89. The second-order valence-corrected chi connectivity index (χ2v) is 7.97. The summed E-state index contributed by atoms with van der Waals surface area (Å²) >= 11 is 11.1. The minimum atomic E-state index is -2.61. The van der Waals surface area contributed by atoms with Gasteiger partial charge >= 0.3 is 81.8 Å². The molecule has 0 amide bonds. The van der Waals surface area contributed by atoms with Crippen LogP contribution in [0.2, 0.25) is 0 Å². The molecule has 3 nitrogen and oxygen atoms in total. The Labute approximate surface area is 81.1 Å². The van der Waals surface area contributed by atoms with Crippen LogP contribution in [0.3, 0.4) is 0 Å². The fraction of sp³-hybridized carbons (Fsp3) is 0. The number of hydrogen-bond donors (Lipinski definition) is 0. The Kier molecular flexibility index (Phi) is 6.34. The Morgan fingerprint density at radius 1 is 0.875 bits per heavy atom. The van der Waals surface area contributed by atoms with Crippen molar-refractivity contribution in [1.29, 1.82) is 0 Å². The molecule has 0 unspecified atom stereocenters. The molecule has 0 aliphatic rings. The van der Waals surface area contributed by atoms with Gasteiger partial charge in [-0.2, -0.15) is 0 Å². The maximum absolute atomic E-state index is 4.57. The summed E-state index contributed by atoms with van der Waals surface area (Å²) in [5.74, 6) is 0. The molecule has 8 heteroatoms. The van der Waals surface area contributed by atoms with Crippen LogP contribution in [0.5, 0.6) is 0 Å². The maximum atomic E-state index is 4.57. The minimum absolute atomic E-state index is 2.61. The molecule has 0 bridgehead atoms. The summed E-state index contributed by atoms with van der Waals surface area (Å²) in [5.41, 5.74) is 0. The molecule has 0 N–H and O–H groups in total. The predicted octanol–water partition coefficient (Wildman–Crippen LogP) is 3.77. The van der Waals surface area contributed by atoms with E-state index in [0.717, 1.165) is 0 Å². The molecular weight excluding hydrogens is 399 g/mol. The second-order valence-electron chi connectivity index (χ2n) is 0.713. The van der Waals surface area contributed by atoms with E-state index in [4.69, 9.17) is 0 Å². The van der Waals surface area contributed by atoms with Gasteiger partial charge in [0.2, 0.25) is 0 Å². The third-order valence-corrected chi connectivity index (χ3v) is 10.0. The molecular formula is HBr4O3P. The van der Waals surface area contributed by atoms with Crippen LogP contribution < -0.4 is 0 Å². The molecule has 0 saturated carbocycles. The summed E-state index contributed by atoms with van der Waals surface area (Å²) in [6.07, 6.45) is 0. The molecule has 52 valence electrons. The molecule has 0 heterocycles. The van der Waals surface area contributed by atoms with E-state index in [0.29, 0.717) is 0 Å². The molecule has 0 aromatic rings. The normalized spacial score (nSPS) is 14.0. The zero-order chi connectivity index (χ0) is 6.62. The molecule has 8 heavy (non-hydrogen) atoms. The van der Waals surface area contributed by atoms with E-state index < -0.39 is 6.65 Å². The van der Waals surface area contributed by atoms with Crippen LogP contribution in [0.15, 0.2) is 0 Å². The van der Waals surface area contributed by atoms with Crippen molar-refractivity contribution in [3.8, 4) is 0 Å². The summed E-state index contributed by atoms with van der Waals surface area (Å²) in [7, 11) is 0. The number of hydrogen-bond acceptors (Lipinski definition) is 3. The van der Waals surface area contributed by atoms with E-state index in [-0.39, 0.29) is 0 Å². The quantitative estimate of drug-likeness (QED) is 0.676. The average Bonchev–Trinajstić information content (AvgIpc) is 1.87. The van der Waals surface area contributed by atoms with Gasteiger partial charge in [0.1, 0.15) is 0 Å². The zero-order valence-electron chi connectivity index (χ0n) is 3.24. The van der Waals surface area contributed by atoms with Crippen molar-refractivity contribution in [3.63, 3.8) is 0 Å². The monoisotopic (exact) mass is 396 g/mol. The van der Waals surface area contributed by atoms with Gasteiger partial charge in [-0.3, -0.25) is 0 Å². The Bertz CT molecular complexity index is 54.0. The van der Waals surface area contributed by atoms with E-state index in [1.54, 1.807) is 0 Å². The van der Waals surface area contributed by atoms with E-state index >= 15 is 0 Å². The van der Waals surface area contributed by atoms with Crippen LogP contribution in [0, 0.1) is 0 Å². The summed E-state index contributed by atoms with van der Waals surface area (Å²) in [6.45, 7) is -2.61. The third-order valence-electron chi connectivity index (χ3n) is 0.276. The van der Waals surface area contributed by atoms with E-state index in [9.17, 15) is 0 Å². The van der Waals surface area contributed by atoms with Crippen LogP contribution in [0.25, 0.3) is 0 Å². The van der Waals surface area contributed by atoms with Gasteiger partial charge in [0.15, 0.2) is 0 Å². The van der Waals surface area contributed by atoms with Crippen molar-refractivity contribution in [2.75, 3.05) is 0 Å². The molecule has 0 radical (unpaired) electrons. The van der Waals surface area contributed by atoms with E-state index in [2.05, 4.69) is 75.1 Å². The first-order valence-electron chi connectivity index (χ1n) is 1.26. The van der Waals surface area contributed by atoms with Gasteiger partial charge in [0, 0.05) is 0 Å². The SMILES string of the molecule is BrO[PH](Br)(OBr)OBr. The van der Waals surface area contributed by atoms with Gasteiger partial charge < -0.3 is 0 Å². The van der Waals surface area contributed by atoms with Gasteiger partial charge in [0.05, 0.1) is 0 Å². The van der Waals surface area contributed by atoms with Gasteiger partial charge in [-0.25, -0.2) is 0 Å². The van der Waals surface area contributed by atoms with Crippen molar-refractivity contribution in [3.05, 3.63) is 0 Å². The fourth-order valence-electron chi connectivity index (χ4n) is 0.0357. The van der Waals surface area contributed by atoms with Crippen LogP contribution in [0.4, 0.5) is 0 Å². The molecule has 0 aliphatic heterocycles. The number of rotatable bonds is 3. The van der Waals surface area contributed by atoms with Crippen molar-refractivity contribution in [2.45, 2.75) is 0 Å². The summed E-state index contributed by atoms with van der Waals surface area (Å²) in [4.78, 5) is 0. The predicted molar refractivity (Wildman–Crippen MR) is 47.3 cm³/mol. The summed E-state index contributed by atoms with van der Waals surface area (Å²) in [6, 6.07) is 0. The van der Waals surface area contributed by atoms with Crippen LogP contribution >= 0.6 is 70.9 Å². The molecule has 0 aromatic heterocycles. The zero-order valence-corrected chi connectivity index (χ0v) is 10.6. The molecule has 0 saturated heterocycles. The van der Waals surface area contributed by atoms with Crippen molar-refractivity contribution < 1.29 is 10.8 Å². The van der Waals surface area contributed by atoms with Crippen molar-refractivity contribution >= 4 is 70.9 Å². The molecule has 0 aromatic carbocycles. The first-order valence-corrected chi connectivity index (χ1v) is 7.19. The van der Waals surface area contributed by atoms with Gasteiger partial charge in [-0.1, -0.05) is 0 Å². The first kappa shape index (κ1) is 10.2. The van der Waals surface area contributed by atoms with E-state index in [1.807, 2.05) is 0 Å². The summed E-state index contributed by atoms with van der Waals surface area (Å²) < 4.78 is 13.7. The molecule has 0 atom stereocenters. The summed E-state index contributed by atoms with van der Waals surface area (Å²) in [5, 5.41) is 0. The molecule has 0 fully saturated rings. The standard InChI is InChI=1S/Br4HO3P/c1-5-8(4,6-2)7-3/h8H.